The number of halogens is 1. The summed E-state index contributed by atoms with van der Waals surface area (Å²) in [5.41, 5.74) is 0.152. The molecule has 7 heteroatoms. The van der Waals surface area contributed by atoms with Crippen molar-refractivity contribution in [1.82, 2.24) is 10.3 Å². The van der Waals surface area contributed by atoms with Crippen LogP contribution in [0.25, 0.3) is 11.3 Å². The average molecular weight is 416 g/mol. The molecule has 1 saturated carbocycles. The Morgan fingerprint density at radius 1 is 1.12 bits per heavy atom. The minimum Gasteiger partial charge on any atom is -0.455 e. The summed E-state index contributed by atoms with van der Waals surface area (Å²) in [6.45, 7) is 0. The Hall–Kier alpha value is -2.41. The molecule has 0 radical (unpaired) electrons. The van der Waals surface area contributed by atoms with Gasteiger partial charge in [0.25, 0.3) is 5.91 Å². The molecule has 6 nitrogen and oxygen atoms in total. The van der Waals surface area contributed by atoms with Crippen LogP contribution in [-0.4, -0.2) is 28.7 Å². The summed E-state index contributed by atoms with van der Waals surface area (Å²) in [5, 5.41) is 7.83. The Labute approximate surface area is 159 Å². The van der Waals surface area contributed by atoms with Gasteiger partial charge in [-0.15, -0.1) is 5.01 Å². The van der Waals surface area contributed by atoms with E-state index in [-0.39, 0.29) is 5.91 Å². The zero-order chi connectivity index (χ0) is 18.1. The van der Waals surface area contributed by atoms with Crippen LogP contribution >= 0.6 is 15.9 Å². The van der Waals surface area contributed by atoms with E-state index in [1.54, 1.807) is 6.07 Å². The summed E-state index contributed by atoms with van der Waals surface area (Å²) in [6, 6.07) is 10.8. The quantitative estimate of drug-likeness (QED) is 0.599. The van der Waals surface area contributed by atoms with Crippen LogP contribution < -0.4 is 5.32 Å². The van der Waals surface area contributed by atoms with Crippen molar-refractivity contribution in [3.8, 4) is 11.3 Å². The van der Waals surface area contributed by atoms with E-state index in [1.807, 2.05) is 30.3 Å². The smallest absolute Gasteiger partial charge is 0.346 e. The van der Waals surface area contributed by atoms with Gasteiger partial charge in [0, 0.05) is 10.0 Å². The van der Waals surface area contributed by atoms with E-state index >= 15 is 0 Å². The predicted molar refractivity (Wildman–Crippen MR) is 101 cm³/mol. The third-order valence-electron chi connectivity index (χ3n) is 4.91. The second-order valence-electron chi connectivity index (χ2n) is 6.62. The molecular weight excluding hydrogens is 398 g/mol. The maximum absolute atomic E-state index is 12.7. The van der Waals surface area contributed by atoms with Gasteiger partial charge < -0.3 is 9.73 Å². The first-order valence-electron chi connectivity index (χ1n) is 8.64. The highest BCUT2D eigenvalue weighted by Gasteiger charge is 2.51. The number of rotatable bonds is 3. The largest absolute Gasteiger partial charge is 0.455 e. The summed E-state index contributed by atoms with van der Waals surface area (Å²) >= 11 is 3.49. The number of amides is 3. The first-order valence-corrected chi connectivity index (χ1v) is 9.44. The highest BCUT2D eigenvalue weighted by atomic mass is 79.9. The number of carbonyl (C=O) groups is 2. The molecule has 26 heavy (non-hydrogen) atoms. The van der Waals surface area contributed by atoms with Crippen LogP contribution in [0.5, 0.6) is 0 Å². The van der Waals surface area contributed by atoms with E-state index in [2.05, 4.69) is 26.3 Å². The molecule has 134 valence electrons. The molecule has 1 aromatic carbocycles. The molecule has 1 aromatic heterocycles. The third-order valence-corrected chi connectivity index (χ3v) is 5.61. The summed E-state index contributed by atoms with van der Waals surface area (Å²) in [5.74, 6) is 0.886. The molecule has 1 aliphatic carbocycles. The van der Waals surface area contributed by atoms with Crippen LogP contribution in [0.1, 0.15) is 37.9 Å². The summed E-state index contributed by atoms with van der Waals surface area (Å²) in [7, 11) is 0. The zero-order valence-corrected chi connectivity index (χ0v) is 15.7. The van der Waals surface area contributed by atoms with Gasteiger partial charge in [0.15, 0.2) is 0 Å². The van der Waals surface area contributed by atoms with Crippen molar-refractivity contribution < 1.29 is 14.0 Å². The first-order chi connectivity index (χ1) is 12.6. The molecule has 1 aliphatic heterocycles. The second-order valence-corrected chi connectivity index (χ2v) is 7.47. The van der Waals surface area contributed by atoms with Gasteiger partial charge in [0.1, 0.15) is 17.1 Å². The van der Waals surface area contributed by atoms with Crippen LogP contribution in [0.3, 0.4) is 0 Å². The van der Waals surface area contributed by atoms with Crippen molar-refractivity contribution >= 4 is 34.1 Å². The van der Waals surface area contributed by atoms with Gasteiger partial charge in [-0.1, -0.05) is 53.4 Å². The summed E-state index contributed by atoms with van der Waals surface area (Å²) < 4.78 is 6.69. The maximum Gasteiger partial charge on any atom is 0.346 e. The second kappa shape index (κ2) is 6.72. The summed E-state index contributed by atoms with van der Waals surface area (Å²) in [6.07, 6.45) is 5.74. The van der Waals surface area contributed by atoms with E-state index in [9.17, 15) is 9.59 Å². The lowest BCUT2D eigenvalue weighted by molar-refractivity contribution is -0.132. The fourth-order valence-electron chi connectivity index (χ4n) is 3.55. The van der Waals surface area contributed by atoms with Crippen LogP contribution in [0.15, 0.2) is 50.4 Å². The predicted octanol–water partition coefficient (Wildman–Crippen LogP) is 4.30. The number of furan rings is 1. The topological polar surface area (TPSA) is 74.9 Å². The van der Waals surface area contributed by atoms with Crippen LogP contribution in [0.4, 0.5) is 4.79 Å². The molecule has 2 heterocycles. The van der Waals surface area contributed by atoms with E-state index in [4.69, 9.17) is 4.42 Å². The standard InChI is InChI=1S/C19H18BrN3O3/c20-15-7-3-2-6-14(15)16-9-8-13(26-16)12-21-23-17(24)19(22-18(23)25)10-4-1-5-11-19/h2-3,6-9,12H,1,4-5,10-11H2,(H,22,25). The lowest BCUT2D eigenvalue weighted by atomic mass is 9.82. The molecule has 1 N–H and O–H groups in total. The number of nitrogens with one attached hydrogen (secondary N) is 1. The normalized spacial score (nSPS) is 19.5. The maximum atomic E-state index is 12.7. The van der Waals surface area contributed by atoms with Crippen LogP contribution in [0, 0.1) is 0 Å². The minimum atomic E-state index is -0.768. The number of nitrogens with zero attached hydrogens (tertiary/aromatic N) is 2. The lowest BCUT2D eigenvalue weighted by Crippen LogP contribution is -2.48. The molecule has 0 unspecified atom stereocenters. The van der Waals surface area contributed by atoms with Crippen molar-refractivity contribution in [1.29, 1.82) is 0 Å². The van der Waals surface area contributed by atoms with Gasteiger partial charge in [-0.25, -0.2) is 4.79 Å². The highest BCUT2D eigenvalue weighted by molar-refractivity contribution is 9.10. The van der Waals surface area contributed by atoms with Gasteiger partial charge in [-0.2, -0.15) is 5.10 Å². The molecule has 3 amide bonds. The molecule has 1 saturated heterocycles. The Bertz CT molecular complexity index is 884. The highest BCUT2D eigenvalue weighted by Crippen LogP contribution is 2.34. The zero-order valence-electron chi connectivity index (χ0n) is 14.1. The fraction of sp³-hybridized carbons (Fsp3) is 0.316. The van der Waals surface area contributed by atoms with Crippen molar-refractivity contribution in [2.24, 2.45) is 5.10 Å². The molecular formula is C19H18BrN3O3. The van der Waals surface area contributed by atoms with Crippen molar-refractivity contribution in [3.05, 3.63) is 46.6 Å². The Balaban J connectivity index is 1.53. The first kappa shape index (κ1) is 17.0. The Kier molecular flexibility index (Phi) is 4.40. The lowest BCUT2D eigenvalue weighted by Gasteiger charge is -2.29. The Morgan fingerprint density at radius 2 is 1.88 bits per heavy atom. The number of hydrogen-bond donors (Lipinski definition) is 1. The van der Waals surface area contributed by atoms with Gasteiger partial charge in [-0.3, -0.25) is 4.79 Å². The van der Waals surface area contributed by atoms with Gasteiger partial charge in [-0.05, 0) is 31.0 Å². The molecule has 0 atom stereocenters. The molecule has 2 aromatic rings. The molecule has 0 bridgehead atoms. The van der Waals surface area contributed by atoms with Gasteiger partial charge in [0.05, 0.1) is 6.21 Å². The number of benzene rings is 1. The van der Waals surface area contributed by atoms with E-state index < -0.39 is 11.6 Å². The minimum absolute atomic E-state index is 0.268. The van der Waals surface area contributed by atoms with Crippen molar-refractivity contribution in [2.45, 2.75) is 37.6 Å². The van der Waals surface area contributed by atoms with E-state index in [0.717, 1.165) is 34.3 Å². The number of hydrazone groups is 1. The molecule has 2 fully saturated rings. The van der Waals surface area contributed by atoms with Crippen LogP contribution in [0.2, 0.25) is 0 Å². The number of urea groups is 1. The SMILES string of the molecule is O=C1NC2(CCCCC2)C(=O)N1N=Cc1ccc(-c2ccccc2Br)o1. The average Bonchev–Trinajstić information content (AvgIpc) is 3.19. The third kappa shape index (κ3) is 2.96. The Morgan fingerprint density at radius 3 is 2.65 bits per heavy atom. The molecule has 1 spiro atoms. The number of imide groups is 1. The van der Waals surface area contributed by atoms with Crippen molar-refractivity contribution in [3.63, 3.8) is 0 Å². The van der Waals surface area contributed by atoms with Gasteiger partial charge >= 0.3 is 6.03 Å². The fourth-order valence-corrected chi connectivity index (χ4v) is 4.03. The van der Waals surface area contributed by atoms with E-state index in [0.29, 0.717) is 24.4 Å². The molecule has 2 aliphatic rings. The summed E-state index contributed by atoms with van der Waals surface area (Å²) in [4.78, 5) is 24.9. The monoisotopic (exact) mass is 415 g/mol. The number of carbonyl (C=O) groups excluding carboxylic acids is 2. The molecule has 4 rings (SSSR count). The number of hydrogen-bond acceptors (Lipinski definition) is 4. The van der Waals surface area contributed by atoms with E-state index in [1.165, 1.54) is 6.21 Å². The van der Waals surface area contributed by atoms with Crippen LogP contribution in [-0.2, 0) is 4.79 Å². The van der Waals surface area contributed by atoms with Crippen molar-refractivity contribution in [2.75, 3.05) is 0 Å². The van der Waals surface area contributed by atoms with Gasteiger partial charge in [0.2, 0.25) is 0 Å².